The molecule has 0 aliphatic carbocycles. The Morgan fingerprint density at radius 1 is 1.33 bits per heavy atom. The van der Waals surface area contributed by atoms with Gasteiger partial charge in [-0.25, -0.2) is 4.98 Å². The standard InChI is InChI=1S/C18H23N3O3/c1-4-24-17(22)12-21-15-9-6-5-8-14(15)20-16(21)10-7-11-19-18(23)13(2)3/h5-6,8-9H,2,4,7,10-12H2,1,3H3,(H,19,23). The van der Waals surface area contributed by atoms with E-state index in [4.69, 9.17) is 4.74 Å². The normalized spacial score (nSPS) is 10.6. The molecule has 6 nitrogen and oxygen atoms in total. The number of imidazole rings is 1. The van der Waals surface area contributed by atoms with E-state index in [1.54, 1.807) is 13.8 Å². The molecule has 0 saturated carbocycles. The van der Waals surface area contributed by atoms with Crippen LogP contribution in [0.15, 0.2) is 36.4 Å². The summed E-state index contributed by atoms with van der Waals surface area (Å²) in [6.07, 6.45) is 1.38. The van der Waals surface area contributed by atoms with E-state index in [-0.39, 0.29) is 18.4 Å². The van der Waals surface area contributed by atoms with Crippen LogP contribution < -0.4 is 5.32 Å². The van der Waals surface area contributed by atoms with Gasteiger partial charge in [-0.3, -0.25) is 9.59 Å². The first-order valence-electron chi connectivity index (χ1n) is 8.06. The molecule has 0 atom stereocenters. The SMILES string of the molecule is C=C(C)C(=O)NCCCc1nc2ccccc2n1CC(=O)OCC. The average molecular weight is 329 g/mol. The summed E-state index contributed by atoms with van der Waals surface area (Å²) in [6, 6.07) is 7.70. The highest BCUT2D eigenvalue weighted by molar-refractivity contribution is 5.92. The molecule has 1 amide bonds. The molecule has 2 rings (SSSR count). The van der Waals surface area contributed by atoms with E-state index in [2.05, 4.69) is 16.9 Å². The van der Waals surface area contributed by atoms with Crippen LogP contribution >= 0.6 is 0 Å². The van der Waals surface area contributed by atoms with Crippen LogP contribution in [0, 0.1) is 0 Å². The first-order valence-corrected chi connectivity index (χ1v) is 8.06. The van der Waals surface area contributed by atoms with E-state index >= 15 is 0 Å². The van der Waals surface area contributed by atoms with Crippen molar-refractivity contribution in [1.82, 2.24) is 14.9 Å². The van der Waals surface area contributed by atoms with Gasteiger partial charge in [-0.2, -0.15) is 0 Å². The number of ether oxygens (including phenoxy) is 1. The number of nitrogens with one attached hydrogen (secondary N) is 1. The molecule has 1 aromatic carbocycles. The van der Waals surface area contributed by atoms with Crippen LogP contribution in [0.4, 0.5) is 0 Å². The number of rotatable bonds is 8. The van der Waals surface area contributed by atoms with Crippen molar-refractivity contribution in [3.05, 3.63) is 42.2 Å². The number of esters is 1. The minimum absolute atomic E-state index is 0.141. The Kier molecular flexibility index (Phi) is 6.12. The molecule has 0 unspecified atom stereocenters. The summed E-state index contributed by atoms with van der Waals surface area (Å²) in [5.41, 5.74) is 2.25. The van der Waals surface area contributed by atoms with Crippen molar-refractivity contribution in [3.8, 4) is 0 Å². The fraction of sp³-hybridized carbons (Fsp3) is 0.389. The maximum Gasteiger partial charge on any atom is 0.326 e. The smallest absolute Gasteiger partial charge is 0.326 e. The third-order valence-electron chi connectivity index (χ3n) is 3.58. The van der Waals surface area contributed by atoms with Gasteiger partial charge in [0.1, 0.15) is 12.4 Å². The van der Waals surface area contributed by atoms with Crippen LogP contribution in [0.3, 0.4) is 0 Å². The van der Waals surface area contributed by atoms with Gasteiger partial charge in [-0.15, -0.1) is 0 Å². The molecule has 0 saturated heterocycles. The van der Waals surface area contributed by atoms with Crippen LogP contribution in [0.2, 0.25) is 0 Å². The summed E-state index contributed by atoms with van der Waals surface area (Å²) < 4.78 is 6.93. The van der Waals surface area contributed by atoms with Crippen molar-refractivity contribution in [1.29, 1.82) is 0 Å². The quantitative estimate of drug-likeness (QED) is 0.458. The second-order valence-corrected chi connectivity index (χ2v) is 5.55. The van der Waals surface area contributed by atoms with Gasteiger partial charge >= 0.3 is 5.97 Å². The van der Waals surface area contributed by atoms with Gasteiger partial charge in [-0.05, 0) is 32.4 Å². The number of carbonyl (C=O) groups is 2. The summed E-state index contributed by atoms with van der Waals surface area (Å²) in [5, 5.41) is 2.80. The van der Waals surface area contributed by atoms with Gasteiger partial charge in [0.25, 0.3) is 0 Å². The van der Waals surface area contributed by atoms with E-state index in [9.17, 15) is 9.59 Å². The van der Waals surface area contributed by atoms with E-state index in [0.29, 0.717) is 25.1 Å². The van der Waals surface area contributed by atoms with E-state index < -0.39 is 0 Å². The van der Waals surface area contributed by atoms with E-state index in [1.807, 2.05) is 28.8 Å². The Balaban J connectivity index is 2.09. The molecule has 1 N–H and O–H groups in total. The zero-order valence-corrected chi connectivity index (χ0v) is 14.2. The molecule has 0 bridgehead atoms. The molecular weight excluding hydrogens is 306 g/mol. The molecule has 0 fully saturated rings. The molecule has 0 radical (unpaired) electrons. The molecule has 24 heavy (non-hydrogen) atoms. The highest BCUT2D eigenvalue weighted by atomic mass is 16.5. The summed E-state index contributed by atoms with van der Waals surface area (Å²) in [4.78, 5) is 28.0. The lowest BCUT2D eigenvalue weighted by Gasteiger charge is -2.09. The van der Waals surface area contributed by atoms with Crippen molar-refractivity contribution in [2.75, 3.05) is 13.2 Å². The topological polar surface area (TPSA) is 73.2 Å². The molecule has 0 aliphatic rings. The molecule has 6 heteroatoms. The van der Waals surface area contributed by atoms with Gasteiger partial charge in [0.2, 0.25) is 5.91 Å². The highest BCUT2D eigenvalue weighted by Crippen LogP contribution is 2.17. The number of aryl methyl sites for hydroxylation is 1. The molecule has 1 aromatic heterocycles. The molecular formula is C18H23N3O3. The maximum atomic E-state index is 11.9. The first-order chi connectivity index (χ1) is 11.5. The molecule has 0 aliphatic heterocycles. The van der Waals surface area contributed by atoms with Crippen molar-refractivity contribution in [2.24, 2.45) is 0 Å². The largest absolute Gasteiger partial charge is 0.465 e. The van der Waals surface area contributed by atoms with Crippen LogP contribution in [-0.4, -0.2) is 34.6 Å². The van der Waals surface area contributed by atoms with Gasteiger partial charge < -0.3 is 14.6 Å². The Hall–Kier alpha value is -2.63. The lowest BCUT2D eigenvalue weighted by atomic mass is 10.2. The number of benzene rings is 1. The van der Waals surface area contributed by atoms with Crippen molar-refractivity contribution in [3.63, 3.8) is 0 Å². The Bertz CT molecular complexity index is 749. The molecule has 2 aromatic rings. The molecule has 1 heterocycles. The third-order valence-corrected chi connectivity index (χ3v) is 3.58. The van der Waals surface area contributed by atoms with Crippen LogP contribution in [0.25, 0.3) is 11.0 Å². The fourth-order valence-electron chi connectivity index (χ4n) is 2.43. The lowest BCUT2D eigenvalue weighted by molar-refractivity contribution is -0.143. The number of nitrogens with zero attached hydrogens (tertiary/aromatic N) is 2. The third kappa shape index (κ3) is 4.44. The van der Waals surface area contributed by atoms with Gasteiger partial charge in [-0.1, -0.05) is 18.7 Å². The van der Waals surface area contributed by atoms with Crippen molar-refractivity contribution >= 4 is 22.9 Å². The van der Waals surface area contributed by atoms with Gasteiger partial charge in [0.15, 0.2) is 0 Å². The number of amides is 1. The minimum Gasteiger partial charge on any atom is -0.465 e. The predicted octanol–water partition coefficient (Wildman–Crippen LogP) is 2.22. The zero-order valence-electron chi connectivity index (χ0n) is 14.2. The summed E-state index contributed by atoms with van der Waals surface area (Å²) in [7, 11) is 0. The second kappa shape index (κ2) is 8.29. The monoisotopic (exact) mass is 329 g/mol. The number of para-hydroxylation sites is 2. The van der Waals surface area contributed by atoms with Crippen molar-refractivity contribution < 1.29 is 14.3 Å². The number of aromatic nitrogens is 2. The maximum absolute atomic E-state index is 11.9. The predicted molar refractivity (Wildman–Crippen MR) is 92.5 cm³/mol. The van der Waals surface area contributed by atoms with Crippen LogP contribution in [0.5, 0.6) is 0 Å². The number of carbonyl (C=O) groups excluding carboxylic acids is 2. The first kappa shape index (κ1) is 17.7. The zero-order chi connectivity index (χ0) is 17.5. The Morgan fingerprint density at radius 2 is 2.08 bits per heavy atom. The van der Waals surface area contributed by atoms with Crippen LogP contribution in [-0.2, 0) is 27.3 Å². The second-order valence-electron chi connectivity index (χ2n) is 5.55. The van der Waals surface area contributed by atoms with Gasteiger partial charge in [0.05, 0.1) is 17.6 Å². The molecule has 0 spiro atoms. The Morgan fingerprint density at radius 3 is 2.79 bits per heavy atom. The highest BCUT2D eigenvalue weighted by Gasteiger charge is 2.14. The van der Waals surface area contributed by atoms with E-state index in [1.165, 1.54) is 0 Å². The van der Waals surface area contributed by atoms with Gasteiger partial charge in [0, 0.05) is 18.5 Å². The number of hydrogen-bond acceptors (Lipinski definition) is 4. The Labute approximate surface area is 141 Å². The minimum atomic E-state index is -0.280. The number of fused-ring (bicyclic) bond motifs is 1. The average Bonchev–Trinajstić information content (AvgIpc) is 2.89. The van der Waals surface area contributed by atoms with Crippen LogP contribution in [0.1, 0.15) is 26.1 Å². The van der Waals surface area contributed by atoms with Crippen molar-refractivity contribution in [2.45, 2.75) is 33.2 Å². The summed E-state index contributed by atoms with van der Waals surface area (Å²) >= 11 is 0. The molecule has 128 valence electrons. The lowest BCUT2D eigenvalue weighted by Crippen LogP contribution is -2.25. The fourth-order valence-corrected chi connectivity index (χ4v) is 2.43. The summed E-state index contributed by atoms with van der Waals surface area (Å²) in [6.45, 7) is 8.10. The summed E-state index contributed by atoms with van der Waals surface area (Å²) in [5.74, 6) is 0.390. The van der Waals surface area contributed by atoms with E-state index in [0.717, 1.165) is 23.3 Å². The number of hydrogen-bond donors (Lipinski definition) is 1.